The van der Waals surface area contributed by atoms with Crippen LogP contribution in [0.1, 0.15) is 38.5 Å². The Labute approximate surface area is 109 Å². The third-order valence-corrected chi connectivity index (χ3v) is 4.37. The van der Waals surface area contributed by atoms with E-state index in [2.05, 4.69) is 10.2 Å². The third kappa shape index (κ3) is 3.04. The molecule has 0 bridgehead atoms. The van der Waals surface area contributed by atoms with E-state index in [-0.39, 0.29) is 0 Å². The minimum atomic E-state index is 0.365. The number of carbonyl (C=O) groups excluding carboxylic acids is 1. The number of hydrogen-bond acceptors (Lipinski definition) is 3. The average Bonchev–Trinajstić information content (AvgIpc) is 2.87. The van der Waals surface area contributed by atoms with E-state index in [9.17, 15) is 4.79 Å². The Morgan fingerprint density at radius 3 is 2.78 bits per heavy atom. The molecule has 3 rings (SSSR count). The zero-order valence-corrected chi connectivity index (χ0v) is 11.1. The summed E-state index contributed by atoms with van der Waals surface area (Å²) < 4.78 is 5.42. The quantitative estimate of drug-likeness (QED) is 0.798. The van der Waals surface area contributed by atoms with Crippen molar-refractivity contribution in [3.63, 3.8) is 0 Å². The summed E-state index contributed by atoms with van der Waals surface area (Å²) >= 11 is 0. The molecular formula is C14H24N2O2. The van der Waals surface area contributed by atoms with Gasteiger partial charge in [-0.25, -0.2) is 0 Å². The van der Waals surface area contributed by atoms with Crippen molar-refractivity contribution in [3.8, 4) is 0 Å². The monoisotopic (exact) mass is 252 g/mol. The fourth-order valence-electron chi connectivity index (χ4n) is 3.11. The lowest BCUT2D eigenvalue weighted by atomic mass is 10.1. The van der Waals surface area contributed by atoms with Crippen LogP contribution in [0.5, 0.6) is 0 Å². The molecule has 3 aliphatic rings. The highest BCUT2D eigenvalue weighted by Gasteiger charge is 2.35. The van der Waals surface area contributed by atoms with Gasteiger partial charge in [-0.2, -0.15) is 0 Å². The van der Waals surface area contributed by atoms with Crippen LogP contribution in [0, 0.1) is 5.92 Å². The molecule has 2 unspecified atom stereocenters. The number of nitrogens with zero attached hydrogens (tertiary/aromatic N) is 1. The molecule has 2 heterocycles. The van der Waals surface area contributed by atoms with Gasteiger partial charge < -0.3 is 15.0 Å². The normalized spacial score (nSPS) is 31.8. The van der Waals surface area contributed by atoms with Gasteiger partial charge in [0.2, 0.25) is 5.91 Å². The summed E-state index contributed by atoms with van der Waals surface area (Å²) in [7, 11) is 0. The van der Waals surface area contributed by atoms with Crippen molar-refractivity contribution in [1.29, 1.82) is 0 Å². The molecular weight excluding hydrogens is 228 g/mol. The summed E-state index contributed by atoms with van der Waals surface area (Å²) in [5, 5.41) is 3.42. The van der Waals surface area contributed by atoms with Crippen LogP contribution in [-0.2, 0) is 9.53 Å². The first kappa shape index (κ1) is 12.4. The molecule has 1 amide bonds. The van der Waals surface area contributed by atoms with Gasteiger partial charge in [-0.15, -0.1) is 0 Å². The minimum absolute atomic E-state index is 0.365. The molecule has 1 saturated carbocycles. The van der Waals surface area contributed by atoms with Crippen LogP contribution in [0.4, 0.5) is 0 Å². The SMILES string of the molecule is O=C(CC1CCCN1)N(CC1CCOC1)C1CC1. The summed E-state index contributed by atoms with van der Waals surface area (Å²) in [6.45, 7) is 3.73. The van der Waals surface area contributed by atoms with E-state index in [1.807, 2.05) is 0 Å². The smallest absolute Gasteiger partial charge is 0.224 e. The Bertz CT molecular complexity index is 292. The van der Waals surface area contributed by atoms with E-state index in [0.717, 1.165) is 39.1 Å². The molecule has 0 aromatic heterocycles. The number of hydrogen-bond donors (Lipinski definition) is 1. The first-order valence-corrected chi connectivity index (χ1v) is 7.43. The van der Waals surface area contributed by atoms with Gasteiger partial charge in [-0.1, -0.05) is 0 Å². The molecule has 0 spiro atoms. The molecule has 0 aromatic carbocycles. The molecule has 2 aliphatic heterocycles. The molecule has 1 aliphatic carbocycles. The molecule has 4 heteroatoms. The molecule has 3 fully saturated rings. The number of rotatable bonds is 5. The Hall–Kier alpha value is -0.610. The van der Waals surface area contributed by atoms with Crippen molar-refractivity contribution < 1.29 is 9.53 Å². The van der Waals surface area contributed by atoms with Gasteiger partial charge in [0.15, 0.2) is 0 Å². The van der Waals surface area contributed by atoms with Crippen molar-refractivity contribution in [2.45, 2.75) is 50.6 Å². The maximum atomic E-state index is 12.4. The Morgan fingerprint density at radius 2 is 2.17 bits per heavy atom. The van der Waals surface area contributed by atoms with E-state index in [0.29, 0.717) is 30.3 Å². The van der Waals surface area contributed by atoms with Gasteiger partial charge in [0.25, 0.3) is 0 Å². The van der Waals surface area contributed by atoms with Gasteiger partial charge in [0.05, 0.1) is 6.61 Å². The van der Waals surface area contributed by atoms with E-state index in [1.54, 1.807) is 0 Å². The van der Waals surface area contributed by atoms with Crippen LogP contribution >= 0.6 is 0 Å². The van der Waals surface area contributed by atoms with Gasteiger partial charge in [-0.05, 0) is 38.6 Å². The van der Waals surface area contributed by atoms with Crippen molar-refractivity contribution in [1.82, 2.24) is 10.2 Å². The number of amides is 1. The van der Waals surface area contributed by atoms with Crippen LogP contribution in [0.25, 0.3) is 0 Å². The van der Waals surface area contributed by atoms with Gasteiger partial charge in [0.1, 0.15) is 0 Å². The summed E-state index contributed by atoms with van der Waals surface area (Å²) in [5.74, 6) is 0.940. The fourth-order valence-corrected chi connectivity index (χ4v) is 3.11. The van der Waals surface area contributed by atoms with Crippen molar-refractivity contribution >= 4 is 5.91 Å². The highest BCUT2D eigenvalue weighted by molar-refractivity contribution is 5.77. The van der Waals surface area contributed by atoms with Gasteiger partial charge in [0, 0.05) is 37.6 Å². The van der Waals surface area contributed by atoms with E-state index >= 15 is 0 Å². The summed E-state index contributed by atoms with van der Waals surface area (Å²) in [6, 6.07) is 0.970. The summed E-state index contributed by atoms with van der Waals surface area (Å²) in [5.41, 5.74) is 0. The lowest BCUT2D eigenvalue weighted by Crippen LogP contribution is -2.40. The topological polar surface area (TPSA) is 41.6 Å². The zero-order chi connectivity index (χ0) is 12.4. The standard InChI is InChI=1S/C14H24N2O2/c17-14(8-12-2-1-6-15-12)16(13-3-4-13)9-11-5-7-18-10-11/h11-13,15H,1-10H2. The van der Waals surface area contributed by atoms with Crippen LogP contribution in [0.2, 0.25) is 0 Å². The molecule has 102 valence electrons. The average molecular weight is 252 g/mol. The maximum Gasteiger partial charge on any atom is 0.224 e. The molecule has 2 atom stereocenters. The zero-order valence-electron chi connectivity index (χ0n) is 11.1. The maximum absolute atomic E-state index is 12.4. The van der Waals surface area contributed by atoms with Gasteiger partial charge in [-0.3, -0.25) is 4.79 Å². The molecule has 2 saturated heterocycles. The Morgan fingerprint density at radius 1 is 1.28 bits per heavy atom. The predicted octanol–water partition coefficient (Wildman–Crippen LogP) is 1.16. The Balaban J connectivity index is 1.52. The van der Waals surface area contributed by atoms with Crippen molar-refractivity contribution in [2.75, 3.05) is 26.3 Å². The second-order valence-electron chi connectivity index (χ2n) is 6.00. The highest BCUT2D eigenvalue weighted by atomic mass is 16.5. The van der Waals surface area contributed by atoms with Crippen LogP contribution in [0.15, 0.2) is 0 Å². The number of nitrogens with one attached hydrogen (secondary N) is 1. The van der Waals surface area contributed by atoms with Gasteiger partial charge >= 0.3 is 0 Å². The lowest BCUT2D eigenvalue weighted by molar-refractivity contribution is -0.132. The lowest BCUT2D eigenvalue weighted by Gasteiger charge is -2.26. The third-order valence-electron chi connectivity index (χ3n) is 4.37. The summed E-state index contributed by atoms with van der Waals surface area (Å²) in [6.07, 6.45) is 6.62. The Kier molecular flexibility index (Phi) is 3.85. The molecule has 1 N–H and O–H groups in total. The van der Waals surface area contributed by atoms with E-state index in [4.69, 9.17) is 4.74 Å². The number of carbonyl (C=O) groups is 1. The van der Waals surface area contributed by atoms with Crippen LogP contribution < -0.4 is 5.32 Å². The predicted molar refractivity (Wildman–Crippen MR) is 69.3 cm³/mol. The second kappa shape index (κ2) is 5.57. The molecule has 18 heavy (non-hydrogen) atoms. The fraction of sp³-hybridized carbons (Fsp3) is 0.929. The van der Waals surface area contributed by atoms with E-state index in [1.165, 1.54) is 19.3 Å². The largest absolute Gasteiger partial charge is 0.381 e. The van der Waals surface area contributed by atoms with Crippen molar-refractivity contribution in [3.05, 3.63) is 0 Å². The second-order valence-corrected chi connectivity index (χ2v) is 6.00. The molecule has 0 aromatic rings. The first-order valence-electron chi connectivity index (χ1n) is 7.43. The minimum Gasteiger partial charge on any atom is -0.381 e. The summed E-state index contributed by atoms with van der Waals surface area (Å²) in [4.78, 5) is 14.6. The first-order chi connectivity index (χ1) is 8.83. The molecule has 4 nitrogen and oxygen atoms in total. The van der Waals surface area contributed by atoms with E-state index < -0.39 is 0 Å². The van der Waals surface area contributed by atoms with Crippen LogP contribution in [-0.4, -0.2) is 49.2 Å². The number of ether oxygens (including phenoxy) is 1. The molecule has 0 radical (unpaired) electrons. The highest BCUT2D eigenvalue weighted by Crippen LogP contribution is 2.30. The van der Waals surface area contributed by atoms with Crippen molar-refractivity contribution in [2.24, 2.45) is 5.92 Å². The van der Waals surface area contributed by atoms with Crippen LogP contribution in [0.3, 0.4) is 0 Å².